The Labute approximate surface area is 115 Å². The lowest BCUT2D eigenvalue weighted by atomic mass is 10.0. The number of methoxy groups -OCH3 is 1. The van der Waals surface area contributed by atoms with Crippen LogP contribution in [-0.4, -0.2) is 12.2 Å². The minimum Gasteiger partial charge on any atom is -0.495 e. The van der Waals surface area contributed by atoms with Gasteiger partial charge >= 0.3 is 5.56 Å². The highest BCUT2D eigenvalue weighted by Crippen LogP contribution is 2.28. The van der Waals surface area contributed by atoms with Gasteiger partial charge in [-0.2, -0.15) is 0 Å². The summed E-state index contributed by atoms with van der Waals surface area (Å²) in [5.41, 5.74) is 8.03. The van der Waals surface area contributed by atoms with Crippen molar-refractivity contribution in [1.82, 2.24) is 5.10 Å². The van der Waals surface area contributed by atoms with E-state index >= 15 is 0 Å². The number of hydrogen-bond donors (Lipinski definition) is 2. The molecular weight excluding hydrogens is 254 g/mol. The highest BCUT2D eigenvalue weighted by molar-refractivity contribution is 5.92. The quantitative estimate of drug-likeness (QED) is 0.692. The van der Waals surface area contributed by atoms with Crippen LogP contribution in [-0.2, 0) is 0 Å². The number of hydrogen-bond acceptors (Lipinski definition) is 3. The van der Waals surface area contributed by atoms with Gasteiger partial charge in [-0.05, 0) is 30.3 Å². The molecule has 0 aliphatic heterocycles. The first-order valence-electron chi connectivity index (χ1n) is 6.17. The maximum absolute atomic E-state index is 11.8. The molecule has 0 atom stereocenters. The van der Waals surface area contributed by atoms with Crippen LogP contribution in [0.1, 0.15) is 0 Å². The third-order valence-electron chi connectivity index (χ3n) is 3.26. The first-order valence-corrected chi connectivity index (χ1v) is 6.17. The number of H-pyrrole nitrogens is 2. The predicted molar refractivity (Wildman–Crippen MR) is 77.5 cm³/mol. The molecule has 0 amide bonds. The molecule has 0 spiro atoms. The smallest absolute Gasteiger partial charge is 0.305 e. The van der Waals surface area contributed by atoms with Gasteiger partial charge in [-0.15, -0.1) is 10.2 Å². The number of aromatic amines is 2. The average Bonchev–Trinajstić information content (AvgIpc) is 2.48. The molecule has 3 rings (SSSR count). The number of nitrogens with two attached hydrogens (primary N) is 1. The lowest BCUT2D eigenvalue weighted by Crippen LogP contribution is -2.23. The van der Waals surface area contributed by atoms with E-state index in [1.165, 1.54) is 0 Å². The minimum absolute atomic E-state index is 0.147. The Balaban J connectivity index is 2.27. The fourth-order valence-corrected chi connectivity index (χ4v) is 2.27. The third-order valence-corrected chi connectivity index (χ3v) is 3.26. The largest absolute Gasteiger partial charge is 0.495 e. The monoisotopic (exact) mass is 268 g/mol. The molecular formula is C15H14N3O2+. The molecule has 0 bridgehead atoms. The summed E-state index contributed by atoms with van der Waals surface area (Å²) >= 11 is 0. The molecule has 100 valence electrons. The summed E-state index contributed by atoms with van der Waals surface area (Å²) < 4.78 is 5.15. The van der Waals surface area contributed by atoms with Gasteiger partial charge in [-0.3, -0.25) is 4.79 Å². The van der Waals surface area contributed by atoms with Gasteiger partial charge in [0, 0.05) is 0 Å². The number of benzene rings is 2. The highest BCUT2D eigenvalue weighted by Gasteiger charge is 2.14. The fraction of sp³-hybridized carbons (Fsp3) is 0.0667. The van der Waals surface area contributed by atoms with Crippen LogP contribution in [0.5, 0.6) is 5.75 Å². The maximum Gasteiger partial charge on any atom is 0.305 e. The summed E-state index contributed by atoms with van der Waals surface area (Å²) in [5, 5.41) is 7.05. The summed E-state index contributed by atoms with van der Waals surface area (Å²) in [6.07, 6.45) is 0. The van der Waals surface area contributed by atoms with E-state index in [1.54, 1.807) is 19.2 Å². The van der Waals surface area contributed by atoms with E-state index in [4.69, 9.17) is 10.5 Å². The van der Waals surface area contributed by atoms with Crippen LogP contribution >= 0.6 is 0 Å². The van der Waals surface area contributed by atoms with E-state index in [0.29, 0.717) is 16.8 Å². The number of aromatic nitrogens is 2. The van der Waals surface area contributed by atoms with Gasteiger partial charge in [0.05, 0.1) is 29.1 Å². The van der Waals surface area contributed by atoms with Crippen molar-refractivity contribution >= 4 is 16.5 Å². The molecule has 1 aromatic heterocycles. The van der Waals surface area contributed by atoms with E-state index in [2.05, 4.69) is 10.2 Å². The Morgan fingerprint density at radius 2 is 1.90 bits per heavy atom. The normalized spacial score (nSPS) is 10.7. The van der Waals surface area contributed by atoms with Crippen molar-refractivity contribution in [2.45, 2.75) is 0 Å². The topological polar surface area (TPSA) is 82.2 Å². The molecule has 20 heavy (non-hydrogen) atoms. The SMILES string of the molecule is COc1ccc(-c2[nH+][nH]c(=O)c3ccccc23)cc1N. The van der Waals surface area contributed by atoms with E-state index < -0.39 is 0 Å². The Hall–Kier alpha value is -2.82. The second-order valence-corrected chi connectivity index (χ2v) is 4.46. The second kappa shape index (κ2) is 4.70. The molecule has 0 radical (unpaired) electrons. The number of rotatable bonds is 2. The van der Waals surface area contributed by atoms with Gasteiger partial charge in [0.2, 0.25) is 5.69 Å². The van der Waals surface area contributed by atoms with E-state index in [9.17, 15) is 4.79 Å². The number of fused-ring (bicyclic) bond motifs is 1. The van der Waals surface area contributed by atoms with E-state index in [-0.39, 0.29) is 5.56 Å². The molecule has 2 aromatic carbocycles. The standard InChI is InChI=1S/C15H13N3O2/c1-20-13-7-6-9(8-12(13)16)14-10-4-2-3-5-11(10)15(19)18-17-14/h2-8H,16H2,1H3,(H,18,19)/p+1. The number of nitrogen functional groups attached to an aromatic ring is 1. The van der Waals surface area contributed by atoms with Crippen molar-refractivity contribution in [1.29, 1.82) is 0 Å². The van der Waals surface area contributed by atoms with Crippen LogP contribution in [0.15, 0.2) is 47.3 Å². The molecule has 1 heterocycles. The van der Waals surface area contributed by atoms with Gasteiger partial charge < -0.3 is 10.5 Å². The third kappa shape index (κ3) is 1.89. The molecule has 3 aromatic rings. The van der Waals surface area contributed by atoms with Crippen LogP contribution < -0.4 is 21.1 Å². The van der Waals surface area contributed by atoms with E-state index in [0.717, 1.165) is 16.6 Å². The van der Waals surface area contributed by atoms with Crippen molar-refractivity contribution in [3.05, 3.63) is 52.8 Å². The van der Waals surface area contributed by atoms with Crippen molar-refractivity contribution in [3.63, 3.8) is 0 Å². The lowest BCUT2D eigenvalue weighted by Gasteiger charge is -2.05. The summed E-state index contributed by atoms with van der Waals surface area (Å²) in [5.74, 6) is 0.627. The summed E-state index contributed by atoms with van der Waals surface area (Å²) in [6, 6.07) is 12.9. The molecule has 0 aliphatic carbocycles. The Kier molecular flexibility index (Phi) is 2.87. The average molecular weight is 268 g/mol. The van der Waals surface area contributed by atoms with Crippen molar-refractivity contribution in [2.24, 2.45) is 0 Å². The number of nitrogens with one attached hydrogen (secondary N) is 2. The zero-order valence-corrected chi connectivity index (χ0v) is 10.9. The van der Waals surface area contributed by atoms with Gasteiger partial charge in [0.25, 0.3) is 0 Å². The Morgan fingerprint density at radius 3 is 2.60 bits per heavy atom. The zero-order chi connectivity index (χ0) is 14.1. The zero-order valence-electron chi connectivity index (χ0n) is 10.9. The Morgan fingerprint density at radius 1 is 1.15 bits per heavy atom. The molecule has 0 saturated carbocycles. The molecule has 0 aliphatic rings. The highest BCUT2D eigenvalue weighted by atomic mass is 16.5. The van der Waals surface area contributed by atoms with Gasteiger partial charge in [-0.1, -0.05) is 12.1 Å². The van der Waals surface area contributed by atoms with Crippen LogP contribution in [0.25, 0.3) is 22.0 Å². The molecule has 5 heteroatoms. The molecule has 4 N–H and O–H groups in total. The molecule has 0 unspecified atom stereocenters. The molecule has 0 saturated heterocycles. The lowest BCUT2D eigenvalue weighted by molar-refractivity contribution is -0.443. The van der Waals surface area contributed by atoms with Crippen LogP contribution in [0, 0.1) is 0 Å². The molecule has 5 nitrogen and oxygen atoms in total. The summed E-state index contributed by atoms with van der Waals surface area (Å²) in [7, 11) is 1.58. The van der Waals surface area contributed by atoms with Gasteiger partial charge in [0.15, 0.2) is 0 Å². The van der Waals surface area contributed by atoms with Crippen molar-refractivity contribution in [3.8, 4) is 17.0 Å². The maximum atomic E-state index is 11.8. The molecule has 0 fully saturated rings. The van der Waals surface area contributed by atoms with Crippen LogP contribution in [0.2, 0.25) is 0 Å². The first kappa shape index (κ1) is 12.2. The summed E-state index contributed by atoms with van der Waals surface area (Å²) in [4.78, 5) is 11.8. The van der Waals surface area contributed by atoms with E-state index in [1.807, 2.05) is 30.3 Å². The van der Waals surface area contributed by atoms with Crippen molar-refractivity contribution < 1.29 is 9.84 Å². The Bertz CT molecular complexity index is 840. The fourth-order valence-electron chi connectivity index (χ4n) is 2.27. The van der Waals surface area contributed by atoms with Crippen molar-refractivity contribution in [2.75, 3.05) is 12.8 Å². The van der Waals surface area contributed by atoms with Crippen LogP contribution in [0.3, 0.4) is 0 Å². The number of anilines is 1. The minimum atomic E-state index is -0.147. The van der Waals surface area contributed by atoms with Crippen LogP contribution in [0.4, 0.5) is 5.69 Å². The first-order chi connectivity index (χ1) is 9.70. The predicted octanol–water partition coefficient (Wildman–Crippen LogP) is 1.60. The second-order valence-electron chi connectivity index (χ2n) is 4.46. The number of ether oxygens (including phenoxy) is 1. The van der Waals surface area contributed by atoms with Gasteiger partial charge in [0.1, 0.15) is 5.75 Å². The van der Waals surface area contributed by atoms with Gasteiger partial charge in [-0.25, -0.2) is 0 Å². The summed E-state index contributed by atoms with van der Waals surface area (Å²) in [6.45, 7) is 0.